The molecule has 0 amide bonds. The van der Waals surface area contributed by atoms with Crippen LogP contribution < -0.4 is 5.56 Å². The number of aromatic nitrogens is 2. The van der Waals surface area contributed by atoms with Crippen LogP contribution >= 0.6 is 23.2 Å². The summed E-state index contributed by atoms with van der Waals surface area (Å²) in [6.45, 7) is 1.67. The second-order valence-corrected chi connectivity index (χ2v) is 5.32. The molecule has 0 spiro atoms. The molecule has 0 saturated carbocycles. The Morgan fingerprint density at radius 3 is 2.62 bits per heavy atom. The van der Waals surface area contributed by atoms with Gasteiger partial charge in [0.1, 0.15) is 5.82 Å². The van der Waals surface area contributed by atoms with E-state index in [1.165, 1.54) is 0 Å². The van der Waals surface area contributed by atoms with Crippen LogP contribution in [0.2, 0.25) is 10.0 Å². The van der Waals surface area contributed by atoms with Gasteiger partial charge < -0.3 is 10.1 Å². The molecule has 0 saturated heterocycles. The molecule has 0 aliphatic carbocycles. The minimum Gasteiger partial charge on any atom is -0.481 e. The van der Waals surface area contributed by atoms with Crippen molar-refractivity contribution < 1.29 is 9.90 Å². The van der Waals surface area contributed by atoms with Gasteiger partial charge in [-0.2, -0.15) is 0 Å². The van der Waals surface area contributed by atoms with E-state index >= 15 is 0 Å². The topological polar surface area (TPSA) is 83.0 Å². The maximum atomic E-state index is 12.1. The minimum atomic E-state index is -0.956. The lowest BCUT2D eigenvalue weighted by Gasteiger charge is -2.07. The normalized spacial score (nSPS) is 10.6. The highest BCUT2D eigenvalue weighted by molar-refractivity contribution is 6.42. The molecule has 1 aromatic heterocycles. The number of H-pyrrole nitrogens is 1. The third-order valence-electron chi connectivity index (χ3n) is 3.00. The van der Waals surface area contributed by atoms with Crippen molar-refractivity contribution in [1.82, 2.24) is 9.97 Å². The number of carboxylic acid groups (broad SMARTS) is 1. The van der Waals surface area contributed by atoms with Crippen molar-refractivity contribution in [3.8, 4) is 11.4 Å². The molecule has 2 N–H and O–H groups in total. The number of aromatic amines is 1. The van der Waals surface area contributed by atoms with E-state index in [0.29, 0.717) is 32.7 Å². The Hall–Kier alpha value is -1.85. The number of halogens is 2. The zero-order valence-corrected chi connectivity index (χ0v) is 12.6. The molecule has 5 nitrogen and oxygen atoms in total. The molecular formula is C14H12Cl2N2O3. The summed E-state index contributed by atoms with van der Waals surface area (Å²) in [4.78, 5) is 29.6. The summed E-state index contributed by atoms with van der Waals surface area (Å²) in [5, 5.41) is 9.47. The Morgan fingerprint density at radius 2 is 2.05 bits per heavy atom. The zero-order valence-electron chi connectivity index (χ0n) is 11.1. The van der Waals surface area contributed by atoms with Crippen LogP contribution in [-0.2, 0) is 11.2 Å². The van der Waals surface area contributed by atoms with E-state index in [1.54, 1.807) is 25.1 Å². The SMILES string of the molecule is Cc1nc(-c2ccc(Cl)c(Cl)c2)[nH]c(=O)c1CCC(=O)O. The van der Waals surface area contributed by atoms with Gasteiger partial charge in [0.2, 0.25) is 0 Å². The van der Waals surface area contributed by atoms with Crippen molar-refractivity contribution in [3.05, 3.63) is 49.9 Å². The van der Waals surface area contributed by atoms with Gasteiger partial charge >= 0.3 is 5.97 Å². The van der Waals surface area contributed by atoms with E-state index in [0.717, 1.165) is 0 Å². The first kappa shape index (κ1) is 15.5. The van der Waals surface area contributed by atoms with Gasteiger partial charge in [0.25, 0.3) is 5.56 Å². The van der Waals surface area contributed by atoms with Gasteiger partial charge in [-0.05, 0) is 31.5 Å². The first-order valence-electron chi connectivity index (χ1n) is 6.15. The van der Waals surface area contributed by atoms with Gasteiger partial charge in [-0.1, -0.05) is 23.2 Å². The van der Waals surface area contributed by atoms with Gasteiger partial charge in [0.05, 0.1) is 10.0 Å². The highest BCUT2D eigenvalue weighted by Gasteiger charge is 2.12. The van der Waals surface area contributed by atoms with Gasteiger partial charge in [0.15, 0.2) is 0 Å². The molecule has 0 radical (unpaired) electrons. The number of benzene rings is 1. The van der Waals surface area contributed by atoms with E-state index in [9.17, 15) is 9.59 Å². The molecule has 0 atom stereocenters. The highest BCUT2D eigenvalue weighted by atomic mass is 35.5. The number of hydrogen-bond donors (Lipinski definition) is 2. The summed E-state index contributed by atoms with van der Waals surface area (Å²) in [5.41, 5.74) is 1.17. The predicted molar refractivity (Wildman–Crippen MR) is 81.0 cm³/mol. The quantitative estimate of drug-likeness (QED) is 0.904. The van der Waals surface area contributed by atoms with Crippen LogP contribution in [0.25, 0.3) is 11.4 Å². The van der Waals surface area contributed by atoms with Crippen LogP contribution in [-0.4, -0.2) is 21.0 Å². The number of nitrogens with zero attached hydrogens (tertiary/aromatic N) is 1. The number of aliphatic carboxylic acids is 1. The fourth-order valence-electron chi connectivity index (χ4n) is 1.92. The van der Waals surface area contributed by atoms with Crippen molar-refractivity contribution in [2.75, 3.05) is 0 Å². The standard InChI is InChI=1S/C14H12Cl2N2O3/c1-7-9(3-5-12(19)20)14(21)18-13(17-7)8-2-4-10(15)11(16)6-8/h2,4,6H,3,5H2,1H3,(H,19,20)(H,17,18,21). The Labute approximate surface area is 130 Å². The minimum absolute atomic E-state index is 0.113. The summed E-state index contributed by atoms with van der Waals surface area (Å²) in [6.07, 6.45) is 0.0306. The van der Waals surface area contributed by atoms with E-state index in [2.05, 4.69) is 9.97 Å². The Morgan fingerprint density at radius 1 is 1.33 bits per heavy atom. The summed E-state index contributed by atoms with van der Waals surface area (Å²) < 4.78 is 0. The number of hydrogen-bond acceptors (Lipinski definition) is 3. The molecule has 110 valence electrons. The number of aryl methyl sites for hydroxylation is 1. The lowest BCUT2D eigenvalue weighted by Crippen LogP contribution is -2.18. The van der Waals surface area contributed by atoms with Crippen molar-refractivity contribution in [2.24, 2.45) is 0 Å². The number of nitrogens with one attached hydrogen (secondary N) is 1. The fraction of sp³-hybridized carbons (Fsp3) is 0.214. The molecule has 0 aliphatic heterocycles. The number of carbonyl (C=O) groups is 1. The molecule has 0 bridgehead atoms. The van der Waals surface area contributed by atoms with Gasteiger partial charge in [-0.15, -0.1) is 0 Å². The summed E-state index contributed by atoms with van der Waals surface area (Å²) in [6, 6.07) is 4.92. The maximum absolute atomic E-state index is 12.1. The van der Waals surface area contributed by atoms with E-state index in [-0.39, 0.29) is 18.4 Å². The van der Waals surface area contributed by atoms with Crippen LogP contribution in [0.3, 0.4) is 0 Å². The van der Waals surface area contributed by atoms with Gasteiger partial charge in [-0.25, -0.2) is 4.98 Å². The molecule has 0 fully saturated rings. The molecular weight excluding hydrogens is 315 g/mol. The van der Waals surface area contributed by atoms with Crippen LogP contribution in [0, 0.1) is 6.92 Å². The zero-order chi connectivity index (χ0) is 15.6. The van der Waals surface area contributed by atoms with Crippen LogP contribution in [0.4, 0.5) is 0 Å². The molecule has 2 aromatic rings. The average molecular weight is 327 g/mol. The maximum Gasteiger partial charge on any atom is 0.303 e. The van der Waals surface area contributed by atoms with E-state index in [1.807, 2.05) is 0 Å². The van der Waals surface area contributed by atoms with Crippen molar-refractivity contribution in [1.29, 1.82) is 0 Å². The smallest absolute Gasteiger partial charge is 0.303 e. The van der Waals surface area contributed by atoms with Gasteiger partial charge in [0, 0.05) is 23.2 Å². The fourth-order valence-corrected chi connectivity index (χ4v) is 2.22. The van der Waals surface area contributed by atoms with Crippen LogP contribution in [0.5, 0.6) is 0 Å². The van der Waals surface area contributed by atoms with Crippen molar-refractivity contribution >= 4 is 29.2 Å². The number of rotatable bonds is 4. The summed E-state index contributed by atoms with van der Waals surface area (Å²) in [5.74, 6) is -0.586. The molecule has 7 heteroatoms. The lowest BCUT2D eigenvalue weighted by molar-refractivity contribution is -0.136. The monoisotopic (exact) mass is 326 g/mol. The number of carboxylic acids is 1. The summed E-state index contributed by atoms with van der Waals surface area (Å²) in [7, 11) is 0. The van der Waals surface area contributed by atoms with Gasteiger partial charge in [-0.3, -0.25) is 9.59 Å². The third-order valence-corrected chi connectivity index (χ3v) is 3.74. The summed E-state index contributed by atoms with van der Waals surface area (Å²) >= 11 is 11.8. The van der Waals surface area contributed by atoms with Crippen molar-refractivity contribution in [2.45, 2.75) is 19.8 Å². The molecule has 21 heavy (non-hydrogen) atoms. The molecule has 2 rings (SSSR count). The Bertz CT molecular complexity index is 756. The third kappa shape index (κ3) is 3.62. The van der Waals surface area contributed by atoms with Crippen LogP contribution in [0.15, 0.2) is 23.0 Å². The molecule has 1 heterocycles. The highest BCUT2D eigenvalue weighted by Crippen LogP contribution is 2.26. The van der Waals surface area contributed by atoms with Crippen LogP contribution in [0.1, 0.15) is 17.7 Å². The molecule has 0 unspecified atom stereocenters. The van der Waals surface area contributed by atoms with E-state index in [4.69, 9.17) is 28.3 Å². The molecule has 1 aromatic carbocycles. The van der Waals surface area contributed by atoms with Crippen molar-refractivity contribution in [3.63, 3.8) is 0 Å². The predicted octanol–water partition coefficient (Wildman–Crippen LogP) is 3.07. The van der Waals surface area contributed by atoms with E-state index < -0.39 is 5.97 Å². The first-order chi connectivity index (χ1) is 9.88. The largest absolute Gasteiger partial charge is 0.481 e. The Kier molecular flexibility index (Phi) is 4.65. The lowest BCUT2D eigenvalue weighted by atomic mass is 10.1. The first-order valence-corrected chi connectivity index (χ1v) is 6.91. The molecule has 0 aliphatic rings. The Balaban J connectivity index is 2.41. The average Bonchev–Trinajstić information content (AvgIpc) is 2.40. The second kappa shape index (κ2) is 6.28. The second-order valence-electron chi connectivity index (χ2n) is 4.50.